The number of aromatic nitrogens is 3. The van der Waals surface area contributed by atoms with Gasteiger partial charge < -0.3 is 10.1 Å². The molecule has 0 saturated heterocycles. The van der Waals surface area contributed by atoms with Crippen LogP contribution in [0.3, 0.4) is 0 Å². The third kappa shape index (κ3) is 4.99. The number of nitrogens with one attached hydrogen (secondary N) is 1. The molecule has 2 unspecified atom stereocenters. The molecule has 174 valence electrons. The second-order valence-corrected chi connectivity index (χ2v) is 10.6. The van der Waals surface area contributed by atoms with Gasteiger partial charge in [0.25, 0.3) is 0 Å². The van der Waals surface area contributed by atoms with Crippen LogP contribution in [0.4, 0.5) is 5.00 Å². The number of thiophene rings is 1. The molecule has 4 rings (SSSR count). The summed E-state index contributed by atoms with van der Waals surface area (Å²) in [5.41, 5.74) is 2.50. The summed E-state index contributed by atoms with van der Waals surface area (Å²) in [6, 6.07) is 9.82. The number of carbonyl (C=O) groups is 2. The summed E-state index contributed by atoms with van der Waals surface area (Å²) in [6.07, 6.45) is 2.79. The first-order valence-corrected chi connectivity index (χ1v) is 12.8. The molecule has 1 N–H and O–H groups in total. The van der Waals surface area contributed by atoms with Gasteiger partial charge in [-0.15, -0.1) is 21.5 Å². The van der Waals surface area contributed by atoms with E-state index in [4.69, 9.17) is 4.74 Å². The van der Waals surface area contributed by atoms with Crippen LogP contribution in [0.15, 0.2) is 35.5 Å². The minimum Gasteiger partial charge on any atom is -0.462 e. The van der Waals surface area contributed by atoms with E-state index in [0.717, 1.165) is 36.3 Å². The molecule has 0 saturated carbocycles. The molecule has 0 aliphatic heterocycles. The Kier molecular flexibility index (Phi) is 7.19. The van der Waals surface area contributed by atoms with Crippen molar-refractivity contribution >= 4 is 40.0 Å². The second kappa shape index (κ2) is 10.1. The molecule has 2 aromatic heterocycles. The van der Waals surface area contributed by atoms with Gasteiger partial charge in [-0.25, -0.2) is 4.79 Å². The first-order chi connectivity index (χ1) is 15.9. The van der Waals surface area contributed by atoms with Gasteiger partial charge in [-0.3, -0.25) is 9.36 Å². The smallest absolute Gasteiger partial charge is 0.341 e. The Labute approximate surface area is 201 Å². The quantitative estimate of drug-likeness (QED) is 0.373. The van der Waals surface area contributed by atoms with Gasteiger partial charge in [-0.05, 0) is 63.6 Å². The van der Waals surface area contributed by atoms with Gasteiger partial charge in [-0.2, -0.15) is 0 Å². The number of nitrogens with zero attached hydrogens (tertiary/aromatic N) is 3. The zero-order valence-corrected chi connectivity index (χ0v) is 20.9. The number of thioether (sulfide) groups is 1. The molecule has 0 bridgehead atoms. The predicted molar refractivity (Wildman–Crippen MR) is 132 cm³/mol. The van der Waals surface area contributed by atoms with Crippen LogP contribution in [0.2, 0.25) is 0 Å². The predicted octanol–water partition coefficient (Wildman–Crippen LogP) is 5.06. The summed E-state index contributed by atoms with van der Waals surface area (Å²) in [7, 11) is 0. The molecule has 33 heavy (non-hydrogen) atoms. The second-order valence-electron chi connectivity index (χ2n) is 8.23. The maximum atomic E-state index is 13.1. The summed E-state index contributed by atoms with van der Waals surface area (Å²) in [5, 5.41) is 12.3. The Morgan fingerprint density at radius 3 is 2.79 bits per heavy atom. The average Bonchev–Trinajstić information content (AvgIpc) is 3.33. The van der Waals surface area contributed by atoms with Gasteiger partial charge in [0.1, 0.15) is 10.8 Å². The van der Waals surface area contributed by atoms with Gasteiger partial charge in [0.2, 0.25) is 5.91 Å². The van der Waals surface area contributed by atoms with Crippen molar-refractivity contribution in [2.75, 3.05) is 11.9 Å². The Balaban J connectivity index is 1.55. The van der Waals surface area contributed by atoms with Crippen molar-refractivity contribution in [1.82, 2.24) is 14.8 Å². The molecule has 7 nitrogen and oxygen atoms in total. The standard InChI is InChI=1S/C24H28N4O3S2/c1-5-31-23(30)20-18-12-11-14(2)13-19(18)33-22(20)25-21(29)15(3)32-24-27-26-16(4)28(24)17-9-7-6-8-10-17/h6-10,14-15H,5,11-13H2,1-4H3,(H,25,29). The summed E-state index contributed by atoms with van der Waals surface area (Å²) in [5.74, 6) is 0.773. The van der Waals surface area contributed by atoms with Crippen LogP contribution >= 0.6 is 23.1 Å². The molecular weight excluding hydrogens is 456 g/mol. The number of esters is 1. The molecule has 1 aliphatic rings. The minimum absolute atomic E-state index is 0.183. The van der Waals surface area contributed by atoms with Gasteiger partial charge in [-0.1, -0.05) is 36.9 Å². The van der Waals surface area contributed by atoms with Gasteiger partial charge in [0, 0.05) is 10.6 Å². The molecule has 0 spiro atoms. The van der Waals surface area contributed by atoms with Crippen molar-refractivity contribution in [2.45, 2.75) is 57.4 Å². The van der Waals surface area contributed by atoms with E-state index < -0.39 is 5.25 Å². The number of rotatable bonds is 7. The van der Waals surface area contributed by atoms with Crippen LogP contribution in [-0.4, -0.2) is 38.5 Å². The molecule has 2 atom stereocenters. The topological polar surface area (TPSA) is 86.1 Å². The van der Waals surface area contributed by atoms with Gasteiger partial charge in [0.05, 0.1) is 17.4 Å². The van der Waals surface area contributed by atoms with Gasteiger partial charge >= 0.3 is 5.97 Å². The first kappa shape index (κ1) is 23.5. The zero-order valence-electron chi connectivity index (χ0n) is 19.3. The Morgan fingerprint density at radius 1 is 1.30 bits per heavy atom. The number of aryl methyl sites for hydroxylation is 1. The number of ether oxygens (including phenoxy) is 1. The number of benzene rings is 1. The van der Waals surface area contributed by atoms with Crippen LogP contribution < -0.4 is 5.32 Å². The van der Waals surface area contributed by atoms with Crippen molar-refractivity contribution in [3.8, 4) is 5.69 Å². The fourth-order valence-corrected chi connectivity index (χ4v) is 6.29. The summed E-state index contributed by atoms with van der Waals surface area (Å²) >= 11 is 2.84. The highest BCUT2D eigenvalue weighted by atomic mass is 32.2. The van der Waals surface area contributed by atoms with Crippen molar-refractivity contribution in [3.63, 3.8) is 0 Å². The highest BCUT2D eigenvalue weighted by Crippen LogP contribution is 2.40. The number of anilines is 1. The Bertz CT molecular complexity index is 1160. The van der Waals surface area contributed by atoms with E-state index in [-0.39, 0.29) is 11.9 Å². The maximum Gasteiger partial charge on any atom is 0.341 e. The Hall–Kier alpha value is -2.65. The van der Waals surface area contributed by atoms with E-state index in [1.807, 2.05) is 48.7 Å². The number of hydrogen-bond acceptors (Lipinski definition) is 7. The van der Waals surface area contributed by atoms with Crippen LogP contribution in [0.25, 0.3) is 5.69 Å². The average molecular weight is 485 g/mol. The third-order valence-corrected chi connectivity index (χ3v) is 7.90. The lowest BCUT2D eigenvalue weighted by Gasteiger charge is -2.18. The molecule has 2 heterocycles. The van der Waals surface area contributed by atoms with E-state index in [1.54, 1.807) is 6.92 Å². The van der Waals surface area contributed by atoms with Crippen LogP contribution in [0, 0.1) is 12.8 Å². The highest BCUT2D eigenvalue weighted by molar-refractivity contribution is 8.00. The first-order valence-electron chi connectivity index (χ1n) is 11.2. The number of hydrogen-bond donors (Lipinski definition) is 1. The van der Waals surface area contributed by atoms with E-state index in [2.05, 4.69) is 22.4 Å². The molecule has 9 heteroatoms. The molecule has 1 aromatic carbocycles. The molecule has 1 amide bonds. The lowest BCUT2D eigenvalue weighted by Crippen LogP contribution is -2.24. The lowest BCUT2D eigenvalue weighted by atomic mass is 9.88. The highest BCUT2D eigenvalue weighted by Gasteiger charge is 2.30. The largest absolute Gasteiger partial charge is 0.462 e. The molecule has 1 aliphatic carbocycles. The summed E-state index contributed by atoms with van der Waals surface area (Å²) < 4.78 is 7.25. The lowest BCUT2D eigenvalue weighted by molar-refractivity contribution is -0.115. The van der Waals surface area contributed by atoms with Gasteiger partial charge in [0.15, 0.2) is 5.16 Å². The Morgan fingerprint density at radius 2 is 2.06 bits per heavy atom. The van der Waals surface area contributed by atoms with Crippen molar-refractivity contribution < 1.29 is 14.3 Å². The monoisotopic (exact) mass is 484 g/mol. The van der Waals surface area contributed by atoms with Crippen molar-refractivity contribution in [2.24, 2.45) is 5.92 Å². The van der Waals surface area contributed by atoms with E-state index in [1.165, 1.54) is 28.0 Å². The third-order valence-electron chi connectivity index (χ3n) is 5.69. The van der Waals surface area contributed by atoms with Crippen LogP contribution in [0.5, 0.6) is 0 Å². The fraction of sp³-hybridized carbons (Fsp3) is 0.417. The molecule has 0 fully saturated rings. The van der Waals surface area contributed by atoms with E-state index in [9.17, 15) is 9.59 Å². The molecule has 0 radical (unpaired) electrons. The normalized spacial score (nSPS) is 16.2. The maximum absolute atomic E-state index is 13.1. The zero-order chi connectivity index (χ0) is 23.5. The van der Waals surface area contributed by atoms with Crippen LogP contribution in [0.1, 0.15) is 53.8 Å². The minimum atomic E-state index is -0.441. The van der Waals surface area contributed by atoms with Crippen molar-refractivity contribution in [1.29, 1.82) is 0 Å². The summed E-state index contributed by atoms with van der Waals surface area (Å²) in [4.78, 5) is 27.1. The number of amides is 1. The number of para-hydroxylation sites is 1. The number of fused-ring (bicyclic) bond motifs is 1. The van der Waals surface area contributed by atoms with Crippen molar-refractivity contribution in [3.05, 3.63) is 52.2 Å². The van der Waals surface area contributed by atoms with E-state index in [0.29, 0.717) is 28.2 Å². The molecule has 3 aromatic rings. The number of carbonyl (C=O) groups excluding carboxylic acids is 2. The van der Waals surface area contributed by atoms with Crippen LogP contribution in [-0.2, 0) is 22.4 Å². The van der Waals surface area contributed by atoms with E-state index >= 15 is 0 Å². The fourth-order valence-electron chi connectivity index (χ4n) is 3.98. The summed E-state index contributed by atoms with van der Waals surface area (Å²) in [6.45, 7) is 8.03. The molecular formula is C24H28N4O3S2. The SMILES string of the molecule is CCOC(=O)c1c(NC(=O)C(C)Sc2nnc(C)n2-c2ccccc2)sc2c1CCC(C)C2.